The molecule has 38 heavy (non-hydrogen) atoms. The van der Waals surface area contributed by atoms with Crippen molar-refractivity contribution in [1.29, 1.82) is 0 Å². The number of hydrogen-bond acceptors (Lipinski definition) is 9. The van der Waals surface area contributed by atoms with Gasteiger partial charge in [-0.1, -0.05) is 17.4 Å². The number of carbonyl (C=O) groups excluding carboxylic acids is 2. The molecule has 3 N–H and O–H groups in total. The molecule has 0 radical (unpaired) electrons. The van der Waals surface area contributed by atoms with Gasteiger partial charge in [-0.05, 0) is 69.6 Å². The summed E-state index contributed by atoms with van der Waals surface area (Å²) in [5.41, 5.74) is 9.42. The third-order valence-electron chi connectivity index (χ3n) is 5.93. The molecule has 0 saturated carbocycles. The maximum atomic E-state index is 11.4. The molecule has 10 heteroatoms. The summed E-state index contributed by atoms with van der Waals surface area (Å²) in [7, 11) is 7.79. The molecule has 2 aromatic carbocycles. The van der Waals surface area contributed by atoms with Crippen molar-refractivity contribution in [3.63, 3.8) is 0 Å². The minimum absolute atomic E-state index is 0.261. The number of primary amides is 1. The lowest BCUT2D eigenvalue weighted by Crippen LogP contribution is -2.31. The van der Waals surface area contributed by atoms with E-state index in [9.17, 15) is 9.59 Å². The van der Waals surface area contributed by atoms with Crippen molar-refractivity contribution in [3.8, 4) is 0 Å². The summed E-state index contributed by atoms with van der Waals surface area (Å²) in [6, 6.07) is 17.6. The predicted molar refractivity (Wildman–Crippen MR) is 158 cm³/mol. The Morgan fingerprint density at radius 2 is 1.76 bits per heavy atom. The van der Waals surface area contributed by atoms with Crippen molar-refractivity contribution in [1.82, 2.24) is 14.9 Å². The summed E-state index contributed by atoms with van der Waals surface area (Å²) in [6.45, 7) is 5.16. The molecule has 0 aliphatic rings. The van der Waals surface area contributed by atoms with Crippen molar-refractivity contribution in [3.05, 3.63) is 72.1 Å². The average molecular weight is 534 g/mol. The Balaban J connectivity index is 0.000000223. The summed E-state index contributed by atoms with van der Waals surface area (Å²) in [5, 5.41) is 5.36. The molecule has 2 heterocycles. The number of thiazole rings is 1. The SMILES string of the molecule is CCN(CCN(C)C)c1ccc(C=O)cc1.CNc1sc(N(C)c2ccc3ncccc3c2)nc1C(N)=O. The van der Waals surface area contributed by atoms with E-state index in [1.165, 1.54) is 17.0 Å². The van der Waals surface area contributed by atoms with Crippen molar-refractivity contribution >= 4 is 55.9 Å². The van der Waals surface area contributed by atoms with E-state index in [1.54, 1.807) is 13.2 Å². The van der Waals surface area contributed by atoms with Crippen LogP contribution in [0, 0.1) is 0 Å². The lowest BCUT2D eigenvalue weighted by Gasteiger charge is -2.24. The highest BCUT2D eigenvalue weighted by Crippen LogP contribution is 2.34. The number of fused-ring (bicyclic) bond motifs is 1. The molecule has 0 atom stereocenters. The molecular weight excluding hydrogens is 498 g/mol. The number of aromatic nitrogens is 2. The molecule has 9 nitrogen and oxygen atoms in total. The molecule has 0 spiro atoms. The minimum Gasteiger partial charge on any atom is -0.378 e. The van der Waals surface area contributed by atoms with Crippen LogP contribution in [0.4, 0.5) is 21.5 Å². The first-order chi connectivity index (χ1) is 18.3. The number of carbonyl (C=O) groups is 2. The smallest absolute Gasteiger partial charge is 0.270 e. The van der Waals surface area contributed by atoms with Crippen molar-refractivity contribution in [2.24, 2.45) is 5.73 Å². The first-order valence-corrected chi connectivity index (χ1v) is 13.1. The highest BCUT2D eigenvalue weighted by atomic mass is 32.1. The largest absolute Gasteiger partial charge is 0.378 e. The number of anilines is 4. The second-order valence-corrected chi connectivity index (χ2v) is 9.80. The fraction of sp³-hybridized carbons (Fsp3) is 0.286. The average Bonchev–Trinajstić information content (AvgIpc) is 3.38. The van der Waals surface area contributed by atoms with Gasteiger partial charge in [-0.15, -0.1) is 0 Å². The highest BCUT2D eigenvalue weighted by molar-refractivity contribution is 7.20. The maximum absolute atomic E-state index is 11.4. The summed E-state index contributed by atoms with van der Waals surface area (Å²) in [5.74, 6) is -0.539. The standard InChI is InChI=1S/C15H15N5OS.C13H20N2O/c1-17-14-12(13(16)21)19-15(22-14)20(2)10-5-6-11-9(8-10)4-3-7-18-11;1-4-15(10-9-14(2)3)13-7-5-12(11-16)6-8-13/h3-8,17H,1-2H3,(H2,16,21);5-8,11H,4,9-10H2,1-3H3. The zero-order valence-corrected chi connectivity index (χ0v) is 23.3. The number of benzene rings is 2. The Labute approximate surface area is 227 Å². The number of nitrogens with zero attached hydrogens (tertiary/aromatic N) is 5. The quantitative estimate of drug-likeness (QED) is 0.287. The number of amides is 1. The molecule has 0 unspecified atom stereocenters. The van der Waals surface area contributed by atoms with Crippen LogP contribution in [-0.2, 0) is 0 Å². The lowest BCUT2D eigenvalue weighted by molar-refractivity contribution is 0.0996. The Bertz CT molecular complexity index is 1360. The van der Waals surface area contributed by atoms with Crippen LogP contribution < -0.4 is 20.9 Å². The third-order valence-corrected chi connectivity index (χ3v) is 7.08. The van der Waals surface area contributed by atoms with Crippen LogP contribution in [0.2, 0.25) is 0 Å². The van der Waals surface area contributed by atoms with E-state index >= 15 is 0 Å². The topological polar surface area (TPSA) is 108 Å². The summed E-state index contributed by atoms with van der Waals surface area (Å²) >= 11 is 1.38. The number of hydrogen-bond donors (Lipinski definition) is 2. The van der Waals surface area contributed by atoms with Crippen molar-refractivity contribution in [2.75, 3.05) is 62.9 Å². The van der Waals surface area contributed by atoms with Crippen LogP contribution in [0.1, 0.15) is 27.8 Å². The normalized spacial score (nSPS) is 10.6. The Morgan fingerprint density at radius 3 is 2.34 bits per heavy atom. The van der Waals surface area contributed by atoms with E-state index in [2.05, 4.69) is 46.1 Å². The second kappa shape index (κ2) is 13.5. The van der Waals surface area contributed by atoms with Crippen LogP contribution in [0.5, 0.6) is 0 Å². The minimum atomic E-state index is -0.539. The van der Waals surface area contributed by atoms with Crippen LogP contribution in [-0.4, -0.2) is 74.9 Å². The van der Waals surface area contributed by atoms with Crippen LogP contribution >= 0.6 is 11.3 Å². The van der Waals surface area contributed by atoms with E-state index in [-0.39, 0.29) is 5.69 Å². The van der Waals surface area contributed by atoms with Crippen LogP contribution in [0.25, 0.3) is 10.9 Å². The van der Waals surface area contributed by atoms with Gasteiger partial charge in [0.2, 0.25) is 0 Å². The van der Waals surface area contributed by atoms with Gasteiger partial charge in [-0.25, -0.2) is 4.98 Å². The first-order valence-electron chi connectivity index (χ1n) is 12.3. The van der Waals surface area contributed by atoms with E-state index in [0.717, 1.165) is 48.1 Å². The van der Waals surface area contributed by atoms with Gasteiger partial charge < -0.3 is 25.8 Å². The van der Waals surface area contributed by atoms with E-state index < -0.39 is 5.91 Å². The van der Waals surface area contributed by atoms with Crippen molar-refractivity contribution < 1.29 is 9.59 Å². The molecular formula is C28H35N7O2S. The summed E-state index contributed by atoms with van der Waals surface area (Å²) in [6.07, 6.45) is 2.64. The number of nitrogens with two attached hydrogens (primary N) is 1. The molecule has 1 amide bonds. The molecule has 4 aromatic rings. The number of pyridine rings is 1. The van der Waals surface area contributed by atoms with Gasteiger partial charge in [0.1, 0.15) is 11.3 Å². The van der Waals surface area contributed by atoms with Gasteiger partial charge in [0, 0.05) is 62.3 Å². The van der Waals surface area contributed by atoms with Crippen molar-refractivity contribution in [2.45, 2.75) is 6.92 Å². The van der Waals surface area contributed by atoms with Gasteiger partial charge in [0.05, 0.1) is 5.52 Å². The van der Waals surface area contributed by atoms with Crippen LogP contribution in [0.15, 0.2) is 60.8 Å². The van der Waals surface area contributed by atoms with E-state index in [0.29, 0.717) is 10.1 Å². The number of aldehydes is 1. The van der Waals surface area contributed by atoms with Gasteiger partial charge in [-0.2, -0.15) is 0 Å². The highest BCUT2D eigenvalue weighted by Gasteiger charge is 2.18. The zero-order chi connectivity index (χ0) is 27.7. The molecule has 0 bridgehead atoms. The molecule has 0 aliphatic carbocycles. The fourth-order valence-electron chi connectivity index (χ4n) is 3.73. The van der Waals surface area contributed by atoms with E-state index in [1.807, 2.05) is 66.5 Å². The second-order valence-electron chi connectivity index (χ2n) is 8.82. The Hall–Kier alpha value is -4.02. The zero-order valence-electron chi connectivity index (χ0n) is 22.5. The van der Waals surface area contributed by atoms with Gasteiger partial charge in [0.25, 0.3) is 5.91 Å². The lowest BCUT2D eigenvalue weighted by atomic mass is 10.2. The summed E-state index contributed by atoms with van der Waals surface area (Å²) < 4.78 is 0. The van der Waals surface area contributed by atoms with Gasteiger partial charge in [0.15, 0.2) is 10.8 Å². The monoisotopic (exact) mass is 533 g/mol. The molecule has 0 fully saturated rings. The molecule has 200 valence electrons. The Morgan fingerprint density at radius 1 is 1.05 bits per heavy atom. The molecule has 0 aliphatic heterocycles. The van der Waals surface area contributed by atoms with Gasteiger partial charge in [-0.3, -0.25) is 14.6 Å². The Kier molecular flexibility index (Phi) is 10.1. The number of rotatable bonds is 10. The number of likely N-dealkylation sites (N-methyl/N-ethyl adjacent to an activating group) is 2. The predicted octanol–water partition coefficient (Wildman–Crippen LogP) is 4.49. The fourth-order valence-corrected chi connectivity index (χ4v) is 4.63. The van der Waals surface area contributed by atoms with Gasteiger partial charge >= 0.3 is 0 Å². The maximum Gasteiger partial charge on any atom is 0.270 e. The number of nitrogens with one attached hydrogen (secondary N) is 1. The van der Waals surface area contributed by atoms with E-state index in [4.69, 9.17) is 5.73 Å². The first kappa shape index (κ1) is 28.5. The molecule has 4 rings (SSSR count). The summed E-state index contributed by atoms with van der Waals surface area (Å²) in [4.78, 5) is 37.0. The molecule has 2 aromatic heterocycles. The molecule has 0 saturated heterocycles. The van der Waals surface area contributed by atoms with Crippen LogP contribution in [0.3, 0.4) is 0 Å². The third kappa shape index (κ3) is 7.27.